The van der Waals surface area contributed by atoms with Gasteiger partial charge < -0.3 is 4.74 Å². The van der Waals surface area contributed by atoms with Gasteiger partial charge in [-0.05, 0) is 58.3 Å². The molecule has 0 unspecified atom stereocenters. The molecule has 0 saturated heterocycles. The highest BCUT2D eigenvalue weighted by molar-refractivity contribution is 9.09. The third-order valence-corrected chi connectivity index (χ3v) is 4.13. The van der Waals surface area contributed by atoms with E-state index in [0.29, 0.717) is 11.5 Å². The van der Waals surface area contributed by atoms with Crippen LogP contribution in [0.25, 0.3) is 0 Å². The number of esters is 1. The molecule has 1 saturated carbocycles. The van der Waals surface area contributed by atoms with E-state index in [1.165, 1.54) is 12.8 Å². The minimum Gasteiger partial charge on any atom is -0.457 e. The van der Waals surface area contributed by atoms with Crippen molar-refractivity contribution in [1.82, 2.24) is 0 Å². The maximum Gasteiger partial charge on any atom is 0.334 e. The van der Waals surface area contributed by atoms with Crippen LogP contribution >= 0.6 is 15.9 Å². The van der Waals surface area contributed by atoms with Gasteiger partial charge >= 0.3 is 5.97 Å². The molecule has 3 heteroatoms. The van der Waals surface area contributed by atoms with Crippen LogP contribution in [0.4, 0.5) is 0 Å². The molecule has 0 spiro atoms. The van der Waals surface area contributed by atoms with Crippen LogP contribution in [0, 0.1) is 11.8 Å². The number of alkyl halides is 1. The predicted octanol–water partition coefficient (Wildman–Crippen LogP) is 4.09. The van der Waals surface area contributed by atoms with Gasteiger partial charge in [-0.2, -0.15) is 0 Å². The first-order chi connectivity index (χ1) is 7.83. The van der Waals surface area contributed by atoms with Gasteiger partial charge in [-0.1, -0.05) is 22.5 Å². The molecule has 0 atom stereocenters. The summed E-state index contributed by atoms with van der Waals surface area (Å²) in [4.78, 5) is 11.9. The molecule has 2 nitrogen and oxygen atoms in total. The quantitative estimate of drug-likeness (QED) is 0.446. The number of hydrogen-bond acceptors (Lipinski definition) is 2. The van der Waals surface area contributed by atoms with E-state index in [9.17, 15) is 4.79 Å². The fourth-order valence-corrected chi connectivity index (χ4v) is 2.82. The zero-order chi connectivity index (χ0) is 13.1. The monoisotopic (exact) mass is 302 g/mol. The van der Waals surface area contributed by atoms with E-state index in [1.807, 2.05) is 20.8 Å². The van der Waals surface area contributed by atoms with Crippen LogP contribution in [0.5, 0.6) is 0 Å². The van der Waals surface area contributed by atoms with E-state index in [4.69, 9.17) is 4.74 Å². The third-order valence-electron chi connectivity index (χ3n) is 3.22. The number of ether oxygens (including phenoxy) is 1. The first-order valence-electron chi connectivity index (χ1n) is 6.31. The number of carbonyl (C=O) groups is 1. The van der Waals surface area contributed by atoms with Gasteiger partial charge in [0.25, 0.3) is 0 Å². The molecule has 0 aliphatic heterocycles. The average molecular weight is 303 g/mol. The maximum atomic E-state index is 11.9. The highest BCUT2D eigenvalue weighted by Gasteiger charge is 2.28. The summed E-state index contributed by atoms with van der Waals surface area (Å²) in [5, 5.41) is 1.07. The molecule has 0 radical (unpaired) electrons. The zero-order valence-corrected chi connectivity index (χ0v) is 12.7. The van der Waals surface area contributed by atoms with Crippen molar-refractivity contribution in [1.29, 1.82) is 0 Å². The number of rotatable bonds is 3. The van der Waals surface area contributed by atoms with E-state index in [-0.39, 0.29) is 5.97 Å². The summed E-state index contributed by atoms with van der Waals surface area (Å²) >= 11 is 3.52. The molecule has 0 aromatic carbocycles. The van der Waals surface area contributed by atoms with E-state index in [0.717, 1.165) is 24.1 Å². The van der Waals surface area contributed by atoms with Crippen LogP contribution < -0.4 is 0 Å². The first-order valence-corrected chi connectivity index (χ1v) is 7.43. The Balaban J connectivity index is 2.46. The molecule has 0 amide bonds. The molecule has 0 aromatic heterocycles. The van der Waals surface area contributed by atoms with Gasteiger partial charge in [0.05, 0.1) is 0 Å². The molecule has 1 fully saturated rings. The van der Waals surface area contributed by atoms with Crippen molar-refractivity contribution in [2.75, 3.05) is 5.33 Å². The zero-order valence-electron chi connectivity index (χ0n) is 11.1. The average Bonchev–Trinajstić information content (AvgIpc) is 2.26. The third kappa shape index (κ3) is 4.82. The Morgan fingerprint density at radius 1 is 1.29 bits per heavy atom. The van der Waals surface area contributed by atoms with Gasteiger partial charge in [-0.3, -0.25) is 0 Å². The van der Waals surface area contributed by atoms with Gasteiger partial charge in [0.2, 0.25) is 0 Å². The van der Waals surface area contributed by atoms with E-state index < -0.39 is 5.60 Å². The number of carbonyl (C=O) groups excluding carboxylic acids is 1. The lowest BCUT2D eigenvalue weighted by Crippen LogP contribution is -2.28. The van der Waals surface area contributed by atoms with E-state index in [2.05, 4.69) is 22.5 Å². The summed E-state index contributed by atoms with van der Waals surface area (Å²) in [5.41, 5.74) is 0.237. The van der Waals surface area contributed by atoms with Gasteiger partial charge in [0, 0.05) is 10.9 Å². The SMILES string of the molecule is C=C(C(=O)OC(C)(C)C)C1CCC(CBr)CC1. The summed E-state index contributed by atoms with van der Waals surface area (Å²) in [6.45, 7) is 9.59. The smallest absolute Gasteiger partial charge is 0.334 e. The number of halogens is 1. The summed E-state index contributed by atoms with van der Waals surface area (Å²) in [6, 6.07) is 0. The van der Waals surface area contributed by atoms with Gasteiger partial charge in [-0.25, -0.2) is 4.79 Å². The molecule has 0 aromatic rings. The van der Waals surface area contributed by atoms with Gasteiger partial charge in [0.15, 0.2) is 0 Å². The first kappa shape index (κ1) is 14.7. The highest BCUT2D eigenvalue weighted by atomic mass is 79.9. The molecular formula is C14H23BrO2. The molecule has 0 N–H and O–H groups in total. The lowest BCUT2D eigenvalue weighted by Gasteiger charge is -2.29. The maximum absolute atomic E-state index is 11.9. The second-order valence-electron chi connectivity index (χ2n) is 5.90. The minimum absolute atomic E-state index is 0.222. The Hall–Kier alpha value is -0.310. The molecule has 0 bridgehead atoms. The Morgan fingerprint density at radius 3 is 2.24 bits per heavy atom. The second-order valence-corrected chi connectivity index (χ2v) is 6.55. The van der Waals surface area contributed by atoms with Crippen LogP contribution in [-0.4, -0.2) is 16.9 Å². The Bertz CT molecular complexity index is 283. The molecule has 1 aliphatic rings. The lowest BCUT2D eigenvalue weighted by atomic mass is 9.79. The van der Waals surface area contributed by atoms with Crippen LogP contribution in [0.2, 0.25) is 0 Å². The van der Waals surface area contributed by atoms with Crippen molar-refractivity contribution in [3.8, 4) is 0 Å². The summed E-state index contributed by atoms with van der Waals surface area (Å²) < 4.78 is 5.36. The van der Waals surface area contributed by atoms with Crippen LogP contribution in [-0.2, 0) is 9.53 Å². The second kappa shape index (κ2) is 6.03. The van der Waals surface area contributed by atoms with E-state index >= 15 is 0 Å². The summed E-state index contributed by atoms with van der Waals surface area (Å²) in [7, 11) is 0. The lowest BCUT2D eigenvalue weighted by molar-refractivity contribution is -0.150. The fourth-order valence-electron chi connectivity index (χ4n) is 2.18. The Labute approximate surface area is 113 Å². The molecule has 17 heavy (non-hydrogen) atoms. The standard InChI is InChI=1S/C14H23BrO2/c1-10(13(16)17-14(2,3)4)12-7-5-11(9-15)6-8-12/h11-12H,1,5-9H2,2-4H3. The van der Waals surface area contributed by atoms with Crippen molar-refractivity contribution in [3.05, 3.63) is 12.2 Å². The predicted molar refractivity (Wildman–Crippen MR) is 74.2 cm³/mol. The van der Waals surface area contributed by atoms with Crippen molar-refractivity contribution in [3.63, 3.8) is 0 Å². The largest absolute Gasteiger partial charge is 0.457 e. The van der Waals surface area contributed by atoms with Crippen molar-refractivity contribution >= 4 is 21.9 Å². The van der Waals surface area contributed by atoms with Gasteiger partial charge in [-0.15, -0.1) is 0 Å². The van der Waals surface area contributed by atoms with Crippen LogP contribution in [0.1, 0.15) is 46.5 Å². The minimum atomic E-state index is -0.424. The molecule has 1 rings (SSSR count). The highest BCUT2D eigenvalue weighted by Crippen LogP contribution is 2.34. The van der Waals surface area contributed by atoms with Crippen LogP contribution in [0.3, 0.4) is 0 Å². The fraction of sp³-hybridized carbons (Fsp3) is 0.786. The van der Waals surface area contributed by atoms with Gasteiger partial charge in [0.1, 0.15) is 5.60 Å². The van der Waals surface area contributed by atoms with E-state index in [1.54, 1.807) is 0 Å². The van der Waals surface area contributed by atoms with Crippen molar-refractivity contribution in [2.24, 2.45) is 11.8 Å². The molecular weight excluding hydrogens is 280 g/mol. The van der Waals surface area contributed by atoms with Crippen molar-refractivity contribution < 1.29 is 9.53 Å². The van der Waals surface area contributed by atoms with Crippen LogP contribution in [0.15, 0.2) is 12.2 Å². The summed E-state index contributed by atoms with van der Waals surface area (Å²) in [6.07, 6.45) is 4.48. The molecule has 0 heterocycles. The Morgan fingerprint density at radius 2 is 1.82 bits per heavy atom. The summed E-state index contributed by atoms with van der Waals surface area (Å²) in [5.74, 6) is 0.859. The Kier molecular flexibility index (Phi) is 5.23. The molecule has 98 valence electrons. The number of hydrogen-bond donors (Lipinski definition) is 0. The molecule has 1 aliphatic carbocycles. The topological polar surface area (TPSA) is 26.3 Å². The normalized spacial score (nSPS) is 25.4. The van der Waals surface area contributed by atoms with Crippen molar-refractivity contribution in [2.45, 2.75) is 52.1 Å².